The number of nitro groups is 2. The van der Waals surface area contributed by atoms with Crippen molar-refractivity contribution in [3.63, 3.8) is 0 Å². The zero-order valence-corrected chi connectivity index (χ0v) is 14.0. The molecular formula is C15H21N3O6. The van der Waals surface area contributed by atoms with Crippen molar-refractivity contribution in [1.82, 2.24) is 0 Å². The second kappa shape index (κ2) is 8.80. The van der Waals surface area contributed by atoms with Gasteiger partial charge in [0.1, 0.15) is 0 Å². The third kappa shape index (κ3) is 4.40. The predicted molar refractivity (Wildman–Crippen MR) is 88.5 cm³/mol. The van der Waals surface area contributed by atoms with E-state index in [1.807, 2.05) is 6.92 Å². The highest BCUT2D eigenvalue weighted by Crippen LogP contribution is 2.38. The number of benzene rings is 1. The number of carbonyl (C=O) groups is 1. The Kier molecular flexibility index (Phi) is 7.09. The minimum Gasteiger partial charge on any atom is -0.462 e. The molecule has 0 unspecified atom stereocenters. The molecule has 0 aliphatic heterocycles. The molecule has 0 bridgehead atoms. The molecule has 1 rings (SSSR count). The van der Waals surface area contributed by atoms with Crippen molar-refractivity contribution < 1.29 is 19.4 Å². The Balaban J connectivity index is 3.44. The Morgan fingerprint density at radius 2 is 1.58 bits per heavy atom. The maximum Gasteiger partial charge on any atom is 0.338 e. The molecule has 0 saturated carbocycles. The second-order valence-electron chi connectivity index (χ2n) is 5.04. The summed E-state index contributed by atoms with van der Waals surface area (Å²) >= 11 is 0. The average Bonchev–Trinajstić information content (AvgIpc) is 2.55. The summed E-state index contributed by atoms with van der Waals surface area (Å²) in [6.45, 7) is 6.28. The number of hydrogen-bond acceptors (Lipinski definition) is 7. The van der Waals surface area contributed by atoms with E-state index in [4.69, 9.17) is 4.74 Å². The van der Waals surface area contributed by atoms with Crippen molar-refractivity contribution >= 4 is 23.0 Å². The van der Waals surface area contributed by atoms with Crippen molar-refractivity contribution in [3.05, 3.63) is 37.9 Å². The van der Waals surface area contributed by atoms with Crippen LogP contribution < -0.4 is 4.90 Å². The first kappa shape index (κ1) is 19.3. The molecule has 24 heavy (non-hydrogen) atoms. The van der Waals surface area contributed by atoms with Gasteiger partial charge in [-0.05, 0) is 20.3 Å². The second-order valence-corrected chi connectivity index (χ2v) is 5.04. The van der Waals surface area contributed by atoms with Crippen LogP contribution >= 0.6 is 0 Å². The highest BCUT2D eigenvalue weighted by molar-refractivity contribution is 5.94. The topological polar surface area (TPSA) is 116 Å². The number of nitro benzene ring substituents is 2. The van der Waals surface area contributed by atoms with Crippen molar-refractivity contribution in [1.29, 1.82) is 0 Å². The van der Waals surface area contributed by atoms with Crippen LogP contribution in [0.15, 0.2) is 12.1 Å². The fourth-order valence-corrected chi connectivity index (χ4v) is 2.26. The normalized spacial score (nSPS) is 10.3. The van der Waals surface area contributed by atoms with Crippen molar-refractivity contribution in [3.8, 4) is 0 Å². The van der Waals surface area contributed by atoms with E-state index < -0.39 is 27.2 Å². The zero-order chi connectivity index (χ0) is 18.3. The Labute approximate surface area is 139 Å². The summed E-state index contributed by atoms with van der Waals surface area (Å²) in [7, 11) is 0. The lowest BCUT2D eigenvalue weighted by molar-refractivity contribution is -0.392. The lowest BCUT2D eigenvalue weighted by atomic mass is 10.1. The van der Waals surface area contributed by atoms with Gasteiger partial charge < -0.3 is 9.64 Å². The van der Waals surface area contributed by atoms with E-state index in [9.17, 15) is 25.0 Å². The molecule has 1 aromatic carbocycles. The molecule has 0 heterocycles. The number of nitrogens with zero attached hydrogens (tertiary/aromatic N) is 3. The van der Waals surface area contributed by atoms with E-state index in [2.05, 4.69) is 0 Å². The summed E-state index contributed by atoms with van der Waals surface area (Å²) in [6.07, 6.45) is 1.46. The molecule has 0 fully saturated rings. The van der Waals surface area contributed by atoms with Crippen LogP contribution in [0.25, 0.3) is 0 Å². The monoisotopic (exact) mass is 339 g/mol. The summed E-state index contributed by atoms with van der Waals surface area (Å²) in [6, 6.07) is 2.07. The van der Waals surface area contributed by atoms with Crippen molar-refractivity contribution in [2.24, 2.45) is 0 Å². The Morgan fingerprint density at radius 3 is 1.96 bits per heavy atom. The van der Waals surface area contributed by atoms with Gasteiger partial charge in [-0.1, -0.05) is 13.3 Å². The number of unbranched alkanes of at least 4 members (excludes halogenated alkanes) is 1. The van der Waals surface area contributed by atoms with Crippen LogP contribution in [0.4, 0.5) is 17.1 Å². The lowest BCUT2D eigenvalue weighted by Gasteiger charge is -2.20. The minimum absolute atomic E-state index is 0.0971. The van der Waals surface area contributed by atoms with E-state index in [0.717, 1.165) is 18.6 Å². The summed E-state index contributed by atoms with van der Waals surface area (Å²) in [5.74, 6) is -0.805. The van der Waals surface area contributed by atoms with Crippen LogP contribution in [0.1, 0.15) is 44.0 Å². The van der Waals surface area contributed by atoms with Gasteiger partial charge in [-0.25, -0.2) is 4.79 Å². The standard InChI is InChI=1S/C15H21N3O6/c1-4-7-8-24-15(19)11-9-12(17(20)21)14(16(5-2)6-3)13(10-11)18(22)23/h9-10H,4-8H2,1-3H3. The van der Waals surface area contributed by atoms with Crippen molar-refractivity contribution in [2.45, 2.75) is 33.6 Å². The van der Waals surface area contributed by atoms with E-state index in [1.54, 1.807) is 13.8 Å². The maximum absolute atomic E-state index is 12.0. The van der Waals surface area contributed by atoms with Crippen LogP contribution in [0.3, 0.4) is 0 Å². The molecule has 0 atom stereocenters. The predicted octanol–water partition coefficient (Wildman–Crippen LogP) is 3.31. The number of ether oxygens (including phenoxy) is 1. The summed E-state index contributed by atoms with van der Waals surface area (Å²) in [5, 5.41) is 22.7. The molecule has 9 heteroatoms. The lowest BCUT2D eigenvalue weighted by Crippen LogP contribution is -2.24. The molecule has 0 radical (unpaired) electrons. The number of hydrogen-bond donors (Lipinski definition) is 0. The van der Waals surface area contributed by atoms with E-state index >= 15 is 0 Å². The first-order valence-electron chi connectivity index (χ1n) is 7.76. The quantitative estimate of drug-likeness (QED) is 0.293. The fraction of sp³-hybridized carbons (Fsp3) is 0.533. The molecule has 0 aliphatic carbocycles. The van der Waals surface area contributed by atoms with Gasteiger partial charge in [-0.15, -0.1) is 0 Å². The summed E-state index contributed by atoms with van der Waals surface area (Å²) in [5.41, 5.74) is -1.24. The zero-order valence-electron chi connectivity index (χ0n) is 14.0. The first-order chi connectivity index (χ1) is 11.4. The third-order valence-electron chi connectivity index (χ3n) is 3.51. The number of esters is 1. The number of carbonyl (C=O) groups excluding carboxylic acids is 1. The molecule has 0 saturated heterocycles. The van der Waals surface area contributed by atoms with Gasteiger partial charge in [0, 0.05) is 25.2 Å². The average molecular weight is 339 g/mol. The van der Waals surface area contributed by atoms with Gasteiger partial charge in [0.2, 0.25) is 0 Å². The molecule has 0 aromatic heterocycles. The van der Waals surface area contributed by atoms with E-state index in [-0.39, 0.29) is 17.9 Å². The number of rotatable bonds is 9. The number of anilines is 1. The SMILES string of the molecule is CCCCOC(=O)c1cc([N+](=O)[O-])c(N(CC)CC)c([N+](=O)[O-])c1. The molecule has 1 aromatic rings. The van der Waals surface area contributed by atoms with Crippen LogP contribution in [0.2, 0.25) is 0 Å². The maximum atomic E-state index is 12.0. The summed E-state index contributed by atoms with van der Waals surface area (Å²) < 4.78 is 4.99. The van der Waals surface area contributed by atoms with Crippen LogP contribution in [-0.4, -0.2) is 35.5 Å². The Hall–Kier alpha value is -2.71. The first-order valence-corrected chi connectivity index (χ1v) is 7.76. The van der Waals surface area contributed by atoms with Gasteiger partial charge in [0.25, 0.3) is 0 Å². The molecule has 132 valence electrons. The third-order valence-corrected chi connectivity index (χ3v) is 3.51. The summed E-state index contributed by atoms with van der Waals surface area (Å²) in [4.78, 5) is 34.8. The smallest absolute Gasteiger partial charge is 0.338 e. The van der Waals surface area contributed by atoms with Crippen LogP contribution in [-0.2, 0) is 4.74 Å². The molecule has 0 spiro atoms. The molecule has 9 nitrogen and oxygen atoms in total. The van der Waals surface area contributed by atoms with E-state index in [0.29, 0.717) is 19.5 Å². The molecule has 0 amide bonds. The molecular weight excluding hydrogens is 318 g/mol. The van der Waals surface area contributed by atoms with E-state index in [1.165, 1.54) is 4.90 Å². The fourth-order valence-electron chi connectivity index (χ4n) is 2.26. The highest BCUT2D eigenvalue weighted by Gasteiger charge is 2.31. The minimum atomic E-state index is -0.805. The Bertz CT molecular complexity index is 593. The van der Waals surface area contributed by atoms with Crippen LogP contribution in [0.5, 0.6) is 0 Å². The van der Waals surface area contributed by atoms with Gasteiger partial charge >= 0.3 is 17.3 Å². The van der Waals surface area contributed by atoms with Gasteiger partial charge in [-0.2, -0.15) is 0 Å². The van der Waals surface area contributed by atoms with Crippen LogP contribution in [0, 0.1) is 20.2 Å². The van der Waals surface area contributed by atoms with Gasteiger partial charge in [0.15, 0.2) is 5.69 Å². The largest absolute Gasteiger partial charge is 0.462 e. The van der Waals surface area contributed by atoms with Gasteiger partial charge in [-0.3, -0.25) is 20.2 Å². The molecule has 0 N–H and O–H groups in total. The molecule has 0 aliphatic rings. The van der Waals surface area contributed by atoms with Gasteiger partial charge in [0.05, 0.1) is 22.0 Å². The van der Waals surface area contributed by atoms with Crippen molar-refractivity contribution in [2.75, 3.05) is 24.6 Å². The highest BCUT2D eigenvalue weighted by atomic mass is 16.6. The Morgan fingerprint density at radius 1 is 1.08 bits per heavy atom.